The van der Waals surface area contributed by atoms with Crippen LogP contribution in [0.1, 0.15) is 36.5 Å². The van der Waals surface area contributed by atoms with E-state index in [1.807, 2.05) is 0 Å². The van der Waals surface area contributed by atoms with E-state index in [-0.39, 0.29) is 0 Å². The van der Waals surface area contributed by atoms with Gasteiger partial charge in [0.1, 0.15) is 5.82 Å². The molecule has 0 spiro atoms. The van der Waals surface area contributed by atoms with Crippen molar-refractivity contribution >= 4 is 0 Å². The van der Waals surface area contributed by atoms with Crippen molar-refractivity contribution in [3.8, 4) is 0 Å². The molecule has 0 unspecified atom stereocenters. The molecule has 0 amide bonds. The minimum Gasteiger partial charge on any atom is -0.385 e. The lowest BCUT2D eigenvalue weighted by Gasteiger charge is -2.14. The molecule has 0 aliphatic heterocycles. The molecule has 1 aromatic heterocycles. The van der Waals surface area contributed by atoms with Crippen LogP contribution < -0.4 is 0 Å². The van der Waals surface area contributed by atoms with Gasteiger partial charge in [0.05, 0.1) is 12.3 Å². The van der Waals surface area contributed by atoms with E-state index in [1.54, 1.807) is 7.11 Å². The SMILES string of the molecule is COCCCOCCn1c(C)nc2c1CCCC2. The molecule has 0 atom stereocenters. The highest BCUT2D eigenvalue weighted by Gasteiger charge is 2.17. The Hall–Kier alpha value is -0.870. The van der Waals surface area contributed by atoms with E-state index >= 15 is 0 Å². The summed E-state index contributed by atoms with van der Waals surface area (Å²) >= 11 is 0. The van der Waals surface area contributed by atoms with Crippen LogP contribution in [0.4, 0.5) is 0 Å². The van der Waals surface area contributed by atoms with Crippen LogP contribution >= 0.6 is 0 Å². The van der Waals surface area contributed by atoms with Crippen LogP contribution in [0.3, 0.4) is 0 Å². The lowest BCUT2D eigenvalue weighted by molar-refractivity contribution is 0.0970. The number of imidazole rings is 1. The maximum Gasteiger partial charge on any atom is 0.106 e. The van der Waals surface area contributed by atoms with E-state index in [2.05, 4.69) is 16.5 Å². The Labute approximate surface area is 109 Å². The monoisotopic (exact) mass is 252 g/mol. The number of nitrogens with zero attached hydrogens (tertiary/aromatic N) is 2. The topological polar surface area (TPSA) is 36.3 Å². The molecule has 0 fully saturated rings. The van der Waals surface area contributed by atoms with Crippen LogP contribution in [-0.4, -0.2) is 36.5 Å². The van der Waals surface area contributed by atoms with E-state index in [0.29, 0.717) is 0 Å². The largest absolute Gasteiger partial charge is 0.385 e. The molecular weight excluding hydrogens is 228 g/mol. The molecule has 1 aliphatic rings. The predicted molar refractivity (Wildman–Crippen MR) is 70.9 cm³/mol. The molecule has 0 aromatic carbocycles. The third-order valence-corrected chi connectivity index (χ3v) is 3.52. The van der Waals surface area contributed by atoms with Gasteiger partial charge in [-0.3, -0.25) is 0 Å². The van der Waals surface area contributed by atoms with E-state index in [0.717, 1.165) is 45.0 Å². The van der Waals surface area contributed by atoms with Gasteiger partial charge < -0.3 is 14.0 Å². The van der Waals surface area contributed by atoms with Gasteiger partial charge in [-0.05, 0) is 39.0 Å². The number of methoxy groups -OCH3 is 1. The zero-order valence-electron chi connectivity index (χ0n) is 11.6. The second-order valence-corrected chi connectivity index (χ2v) is 4.87. The summed E-state index contributed by atoms with van der Waals surface area (Å²) in [7, 11) is 1.72. The molecule has 0 bridgehead atoms. The van der Waals surface area contributed by atoms with Gasteiger partial charge in [0.15, 0.2) is 0 Å². The zero-order valence-corrected chi connectivity index (χ0v) is 11.6. The Morgan fingerprint density at radius 2 is 2.00 bits per heavy atom. The van der Waals surface area contributed by atoms with Gasteiger partial charge in [-0.15, -0.1) is 0 Å². The first-order chi connectivity index (χ1) is 8.83. The third kappa shape index (κ3) is 3.33. The number of ether oxygens (including phenoxy) is 2. The molecule has 102 valence electrons. The quantitative estimate of drug-likeness (QED) is 0.697. The summed E-state index contributed by atoms with van der Waals surface area (Å²) in [6.45, 7) is 5.36. The molecule has 1 aliphatic carbocycles. The molecule has 18 heavy (non-hydrogen) atoms. The highest BCUT2D eigenvalue weighted by molar-refractivity contribution is 5.19. The van der Waals surface area contributed by atoms with Crippen LogP contribution in [0.5, 0.6) is 0 Å². The van der Waals surface area contributed by atoms with Gasteiger partial charge in [0.2, 0.25) is 0 Å². The van der Waals surface area contributed by atoms with E-state index < -0.39 is 0 Å². The van der Waals surface area contributed by atoms with E-state index in [1.165, 1.54) is 30.7 Å². The molecule has 0 saturated carbocycles. The summed E-state index contributed by atoms with van der Waals surface area (Å²) in [6, 6.07) is 0. The van der Waals surface area contributed by atoms with Crippen LogP contribution in [0.2, 0.25) is 0 Å². The lowest BCUT2D eigenvalue weighted by atomic mass is 10.0. The van der Waals surface area contributed by atoms with Crippen molar-refractivity contribution in [3.05, 3.63) is 17.2 Å². The molecule has 0 radical (unpaired) electrons. The van der Waals surface area contributed by atoms with Crippen molar-refractivity contribution in [1.82, 2.24) is 9.55 Å². The van der Waals surface area contributed by atoms with Gasteiger partial charge in [-0.1, -0.05) is 0 Å². The van der Waals surface area contributed by atoms with Gasteiger partial charge in [-0.2, -0.15) is 0 Å². The average Bonchev–Trinajstić information content (AvgIpc) is 2.70. The van der Waals surface area contributed by atoms with Crippen LogP contribution in [0.25, 0.3) is 0 Å². The fourth-order valence-corrected chi connectivity index (χ4v) is 2.60. The molecule has 1 heterocycles. The molecule has 2 rings (SSSR count). The molecule has 4 heteroatoms. The first-order valence-corrected chi connectivity index (χ1v) is 6.94. The van der Waals surface area contributed by atoms with Gasteiger partial charge in [-0.25, -0.2) is 4.98 Å². The normalized spacial score (nSPS) is 14.8. The lowest BCUT2D eigenvalue weighted by Crippen LogP contribution is -2.13. The summed E-state index contributed by atoms with van der Waals surface area (Å²) in [6.07, 6.45) is 5.89. The number of aryl methyl sites for hydroxylation is 2. The summed E-state index contributed by atoms with van der Waals surface area (Å²) in [5, 5.41) is 0. The van der Waals surface area contributed by atoms with E-state index in [4.69, 9.17) is 9.47 Å². The second-order valence-electron chi connectivity index (χ2n) is 4.87. The van der Waals surface area contributed by atoms with Crippen LogP contribution in [0.15, 0.2) is 0 Å². The number of rotatable bonds is 7. The summed E-state index contributed by atoms with van der Waals surface area (Å²) in [5.74, 6) is 1.14. The minimum atomic E-state index is 0.771. The van der Waals surface area contributed by atoms with Crippen molar-refractivity contribution in [1.29, 1.82) is 0 Å². The Bertz CT molecular complexity index is 374. The maximum atomic E-state index is 5.63. The van der Waals surface area contributed by atoms with Gasteiger partial charge in [0.25, 0.3) is 0 Å². The highest BCUT2D eigenvalue weighted by atomic mass is 16.5. The number of hydrogen-bond acceptors (Lipinski definition) is 3. The first kappa shape index (κ1) is 13.6. The molecular formula is C14H24N2O2. The molecule has 1 aromatic rings. The molecule has 4 nitrogen and oxygen atoms in total. The number of fused-ring (bicyclic) bond motifs is 1. The van der Waals surface area contributed by atoms with Crippen LogP contribution in [0, 0.1) is 6.92 Å². The van der Waals surface area contributed by atoms with E-state index in [9.17, 15) is 0 Å². The summed E-state index contributed by atoms with van der Waals surface area (Å²) < 4.78 is 13.0. The van der Waals surface area contributed by atoms with Crippen LogP contribution in [-0.2, 0) is 28.9 Å². The third-order valence-electron chi connectivity index (χ3n) is 3.52. The highest BCUT2D eigenvalue weighted by Crippen LogP contribution is 2.21. The van der Waals surface area contributed by atoms with Crippen molar-refractivity contribution < 1.29 is 9.47 Å². The van der Waals surface area contributed by atoms with Crippen molar-refractivity contribution in [2.75, 3.05) is 26.9 Å². The predicted octanol–water partition coefficient (Wildman–Crippen LogP) is 2.12. The summed E-state index contributed by atoms with van der Waals surface area (Å²) in [4.78, 5) is 4.67. The van der Waals surface area contributed by atoms with Crippen molar-refractivity contribution in [2.45, 2.75) is 45.6 Å². The Kier molecular flexibility index (Phi) is 5.20. The summed E-state index contributed by atoms with van der Waals surface area (Å²) in [5.41, 5.74) is 2.76. The number of hydrogen-bond donors (Lipinski definition) is 0. The Morgan fingerprint density at radius 1 is 1.17 bits per heavy atom. The molecule has 0 saturated heterocycles. The Morgan fingerprint density at radius 3 is 2.83 bits per heavy atom. The zero-order chi connectivity index (χ0) is 12.8. The second kappa shape index (κ2) is 6.90. The fourth-order valence-electron chi connectivity index (χ4n) is 2.60. The Balaban J connectivity index is 1.80. The smallest absolute Gasteiger partial charge is 0.106 e. The number of aromatic nitrogens is 2. The minimum absolute atomic E-state index is 0.771. The van der Waals surface area contributed by atoms with Crippen molar-refractivity contribution in [2.24, 2.45) is 0 Å². The first-order valence-electron chi connectivity index (χ1n) is 6.94. The average molecular weight is 252 g/mol. The van der Waals surface area contributed by atoms with Gasteiger partial charge in [0, 0.05) is 32.6 Å². The standard InChI is InChI=1S/C14H24N2O2/c1-12-15-13-6-3-4-7-14(13)16(12)8-11-18-10-5-9-17-2/h3-11H2,1-2H3. The molecule has 0 N–H and O–H groups in total. The fraction of sp³-hybridized carbons (Fsp3) is 0.786. The maximum absolute atomic E-state index is 5.63. The van der Waals surface area contributed by atoms with Crippen molar-refractivity contribution in [3.63, 3.8) is 0 Å². The van der Waals surface area contributed by atoms with Gasteiger partial charge >= 0.3 is 0 Å².